The summed E-state index contributed by atoms with van der Waals surface area (Å²) >= 11 is 0. The number of nitrogens with one attached hydrogen (secondary N) is 2. The Balaban J connectivity index is 2.09. The molecule has 0 radical (unpaired) electrons. The quantitative estimate of drug-likeness (QED) is 0.822. The molecule has 0 amide bonds. The summed E-state index contributed by atoms with van der Waals surface area (Å²) in [6.07, 6.45) is -0.675. The number of aromatic nitrogens is 1. The van der Waals surface area contributed by atoms with Crippen molar-refractivity contribution in [3.8, 4) is 0 Å². The monoisotopic (exact) mass is 314 g/mol. The first kappa shape index (κ1) is 14.9. The van der Waals surface area contributed by atoms with Crippen LogP contribution in [-0.4, -0.2) is 11.0 Å². The standard InChI is InChI=1S/C15H14F4N2O/c16-13-12(15(17,18)19)10-6-5-9(7-11(10)21-14(13)22)20-8-3-1-2-4-8/h5-8,20H,1-4H2,(H,21,22). The normalized spacial score (nSPS) is 16.4. The lowest BCUT2D eigenvalue weighted by Gasteiger charge is -2.15. The van der Waals surface area contributed by atoms with E-state index in [0.29, 0.717) is 5.69 Å². The van der Waals surface area contributed by atoms with E-state index in [1.165, 1.54) is 18.2 Å². The summed E-state index contributed by atoms with van der Waals surface area (Å²) in [5.41, 5.74) is -2.28. The van der Waals surface area contributed by atoms with Crippen LogP contribution in [-0.2, 0) is 6.18 Å². The summed E-state index contributed by atoms with van der Waals surface area (Å²) in [4.78, 5) is 13.6. The van der Waals surface area contributed by atoms with Gasteiger partial charge in [-0.05, 0) is 25.0 Å². The number of aromatic amines is 1. The molecule has 0 atom stereocenters. The van der Waals surface area contributed by atoms with E-state index in [0.717, 1.165) is 25.7 Å². The van der Waals surface area contributed by atoms with Crippen LogP contribution in [0.15, 0.2) is 23.0 Å². The highest BCUT2D eigenvalue weighted by Crippen LogP contribution is 2.36. The zero-order chi connectivity index (χ0) is 15.9. The van der Waals surface area contributed by atoms with Crippen molar-refractivity contribution >= 4 is 16.6 Å². The third-order valence-corrected chi connectivity index (χ3v) is 3.97. The minimum atomic E-state index is -4.92. The molecule has 7 heteroatoms. The van der Waals surface area contributed by atoms with Crippen LogP contribution in [0, 0.1) is 5.82 Å². The number of alkyl halides is 3. The van der Waals surface area contributed by atoms with Gasteiger partial charge < -0.3 is 10.3 Å². The Hall–Kier alpha value is -2.05. The number of H-pyrrole nitrogens is 1. The first-order chi connectivity index (χ1) is 10.4. The number of hydrogen-bond donors (Lipinski definition) is 2. The Kier molecular flexibility index (Phi) is 3.58. The third kappa shape index (κ3) is 2.67. The lowest BCUT2D eigenvalue weighted by molar-refractivity contribution is -0.138. The van der Waals surface area contributed by atoms with E-state index in [1.54, 1.807) is 0 Å². The van der Waals surface area contributed by atoms with E-state index in [2.05, 4.69) is 10.3 Å². The van der Waals surface area contributed by atoms with Crippen LogP contribution < -0.4 is 10.9 Å². The van der Waals surface area contributed by atoms with Crippen LogP contribution >= 0.6 is 0 Å². The van der Waals surface area contributed by atoms with Gasteiger partial charge in [0.05, 0.1) is 5.52 Å². The Morgan fingerprint density at radius 3 is 2.50 bits per heavy atom. The van der Waals surface area contributed by atoms with Crippen LogP contribution in [0.5, 0.6) is 0 Å². The Morgan fingerprint density at radius 1 is 1.18 bits per heavy atom. The molecule has 1 fully saturated rings. The van der Waals surface area contributed by atoms with Crippen molar-refractivity contribution in [2.24, 2.45) is 0 Å². The highest BCUT2D eigenvalue weighted by atomic mass is 19.4. The highest BCUT2D eigenvalue weighted by Gasteiger charge is 2.37. The zero-order valence-corrected chi connectivity index (χ0v) is 11.6. The van der Waals surface area contributed by atoms with Crippen LogP contribution in [0.3, 0.4) is 0 Å². The van der Waals surface area contributed by atoms with Crippen molar-refractivity contribution in [1.29, 1.82) is 0 Å². The summed E-state index contributed by atoms with van der Waals surface area (Å²) in [5.74, 6) is -1.79. The van der Waals surface area contributed by atoms with E-state index < -0.39 is 23.1 Å². The molecule has 0 spiro atoms. The molecule has 3 nitrogen and oxygen atoms in total. The van der Waals surface area contributed by atoms with Gasteiger partial charge in [0.1, 0.15) is 5.56 Å². The molecule has 1 aromatic heterocycles. The maximum absolute atomic E-state index is 13.6. The van der Waals surface area contributed by atoms with Crippen molar-refractivity contribution in [3.63, 3.8) is 0 Å². The number of benzene rings is 1. The summed E-state index contributed by atoms with van der Waals surface area (Å²) in [6, 6.07) is 4.37. The minimum Gasteiger partial charge on any atom is -0.382 e. The second-order valence-corrected chi connectivity index (χ2v) is 5.53. The molecule has 2 N–H and O–H groups in total. The summed E-state index contributed by atoms with van der Waals surface area (Å²) < 4.78 is 52.5. The third-order valence-electron chi connectivity index (χ3n) is 3.97. The van der Waals surface area contributed by atoms with Crippen LogP contribution in [0.4, 0.5) is 23.2 Å². The molecule has 3 rings (SSSR count). The zero-order valence-electron chi connectivity index (χ0n) is 11.6. The minimum absolute atomic E-state index is 0.0262. The van der Waals surface area contributed by atoms with E-state index >= 15 is 0 Å². The maximum Gasteiger partial charge on any atom is 0.420 e. The number of hydrogen-bond acceptors (Lipinski definition) is 2. The van der Waals surface area contributed by atoms with E-state index in [4.69, 9.17) is 0 Å². The van der Waals surface area contributed by atoms with Crippen LogP contribution in [0.1, 0.15) is 31.2 Å². The molecule has 118 valence electrons. The van der Waals surface area contributed by atoms with Gasteiger partial charge in [-0.2, -0.15) is 13.2 Å². The number of pyridine rings is 1. The molecule has 0 unspecified atom stereocenters. The Morgan fingerprint density at radius 2 is 1.86 bits per heavy atom. The van der Waals surface area contributed by atoms with Crippen LogP contribution in [0.2, 0.25) is 0 Å². The van der Waals surface area contributed by atoms with Crippen molar-refractivity contribution in [1.82, 2.24) is 4.98 Å². The average Bonchev–Trinajstić information content (AvgIpc) is 2.91. The predicted octanol–water partition coefficient (Wildman–Crippen LogP) is 4.04. The van der Waals surface area contributed by atoms with Gasteiger partial charge in [0, 0.05) is 17.1 Å². The lowest BCUT2D eigenvalue weighted by atomic mass is 10.1. The number of rotatable bonds is 2. The van der Waals surface area contributed by atoms with Crippen molar-refractivity contribution in [3.05, 3.63) is 39.9 Å². The van der Waals surface area contributed by atoms with E-state index in [1.807, 2.05) is 0 Å². The number of halogens is 4. The largest absolute Gasteiger partial charge is 0.420 e. The first-order valence-corrected chi connectivity index (χ1v) is 7.05. The predicted molar refractivity (Wildman–Crippen MR) is 75.4 cm³/mol. The molecule has 1 aliphatic rings. The smallest absolute Gasteiger partial charge is 0.382 e. The van der Waals surface area contributed by atoms with Gasteiger partial charge in [-0.1, -0.05) is 18.9 Å². The SMILES string of the molecule is O=c1[nH]c2cc(NC3CCCC3)ccc2c(C(F)(F)F)c1F. The molecule has 1 saturated carbocycles. The molecule has 1 aliphatic carbocycles. The van der Waals surface area contributed by atoms with Gasteiger partial charge in [-0.15, -0.1) is 0 Å². The van der Waals surface area contributed by atoms with Gasteiger partial charge in [0.25, 0.3) is 5.56 Å². The average molecular weight is 314 g/mol. The molecular weight excluding hydrogens is 300 g/mol. The van der Waals surface area contributed by atoms with E-state index in [9.17, 15) is 22.4 Å². The van der Waals surface area contributed by atoms with Gasteiger partial charge in [0.2, 0.25) is 5.82 Å². The van der Waals surface area contributed by atoms with Gasteiger partial charge in [-0.25, -0.2) is 4.39 Å². The summed E-state index contributed by atoms with van der Waals surface area (Å²) in [5, 5.41) is 2.88. The van der Waals surface area contributed by atoms with Crippen molar-refractivity contribution in [2.45, 2.75) is 37.9 Å². The van der Waals surface area contributed by atoms with Crippen molar-refractivity contribution < 1.29 is 17.6 Å². The topological polar surface area (TPSA) is 44.9 Å². The van der Waals surface area contributed by atoms with E-state index in [-0.39, 0.29) is 16.9 Å². The summed E-state index contributed by atoms with van der Waals surface area (Å²) in [7, 11) is 0. The lowest BCUT2D eigenvalue weighted by Crippen LogP contribution is -2.20. The molecule has 1 aromatic carbocycles. The molecule has 1 heterocycles. The van der Waals surface area contributed by atoms with Gasteiger partial charge >= 0.3 is 6.18 Å². The van der Waals surface area contributed by atoms with Gasteiger partial charge in [-0.3, -0.25) is 4.79 Å². The molecule has 0 aliphatic heterocycles. The molecule has 22 heavy (non-hydrogen) atoms. The fraction of sp³-hybridized carbons (Fsp3) is 0.400. The Bertz CT molecular complexity index is 760. The molecule has 2 aromatic rings. The van der Waals surface area contributed by atoms with Crippen LogP contribution in [0.25, 0.3) is 10.9 Å². The van der Waals surface area contributed by atoms with Gasteiger partial charge in [0.15, 0.2) is 0 Å². The van der Waals surface area contributed by atoms with Crippen molar-refractivity contribution in [2.75, 3.05) is 5.32 Å². The first-order valence-electron chi connectivity index (χ1n) is 7.05. The fourth-order valence-corrected chi connectivity index (χ4v) is 2.95. The molecular formula is C15H14F4N2O. The Labute approximate surface area is 123 Å². The maximum atomic E-state index is 13.6. The highest BCUT2D eigenvalue weighted by molar-refractivity contribution is 5.85. The molecule has 0 saturated heterocycles. The molecule has 0 bridgehead atoms. The number of fused-ring (bicyclic) bond motifs is 1. The summed E-state index contributed by atoms with van der Waals surface area (Å²) in [6.45, 7) is 0. The fourth-order valence-electron chi connectivity index (χ4n) is 2.95. The second-order valence-electron chi connectivity index (χ2n) is 5.53. The second kappa shape index (κ2) is 5.30. The number of anilines is 1.